The monoisotopic (exact) mass is 305 g/mol. The fourth-order valence-corrected chi connectivity index (χ4v) is 3.62. The van der Waals surface area contributed by atoms with Crippen LogP contribution in [0.15, 0.2) is 18.2 Å². The largest absolute Gasteiger partial charge is 0.387 e. The normalized spacial score (nSPS) is 27.1. The molecule has 0 spiro atoms. The first kappa shape index (κ1) is 16.3. The van der Waals surface area contributed by atoms with Gasteiger partial charge < -0.3 is 5.11 Å². The summed E-state index contributed by atoms with van der Waals surface area (Å²) in [4.78, 5) is 0. The molecule has 114 valence electrons. The Balaban J connectivity index is 2.17. The summed E-state index contributed by atoms with van der Waals surface area (Å²) in [5.74, 6) is 0.713. The minimum atomic E-state index is -0.747. The van der Waals surface area contributed by atoms with Crippen molar-refractivity contribution in [1.82, 2.24) is 0 Å². The van der Waals surface area contributed by atoms with E-state index in [0.717, 1.165) is 36.8 Å². The number of benzene rings is 1. The average Bonchev–Trinajstić information content (AvgIpc) is 2.51. The van der Waals surface area contributed by atoms with E-state index in [1.54, 1.807) is 6.07 Å². The number of hydrogen-bond donors (Lipinski definition) is 1. The summed E-state index contributed by atoms with van der Waals surface area (Å²) in [6.45, 7) is 4.14. The molecule has 3 heteroatoms. The fraction of sp³-hybridized carbons (Fsp3) is 0.611. The number of halogens is 1. The van der Waals surface area contributed by atoms with E-state index in [2.05, 4.69) is 13.0 Å². The first-order chi connectivity index (χ1) is 10.0. The zero-order valence-corrected chi connectivity index (χ0v) is 13.7. The topological polar surface area (TPSA) is 44.0 Å². The highest BCUT2D eigenvalue weighted by molar-refractivity contribution is 6.31. The standard InChI is InChI=1S/C18H24ClNO/c1-3-4-14-7-9-18(12-20,10-8-14)17(21)15-6-5-13(2)16(19)11-15/h5-6,11,14,17,21H,3-4,7-10H2,1-2H3. The molecule has 1 atom stereocenters. The molecule has 0 saturated heterocycles. The second kappa shape index (κ2) is 6.81. The Morgan fingerprint density at radius 1 is 1.43 bits per heavy atom. The van der Waals surface area contributed by atoms with Crippen molar-refractivity contribution in [1.29, 1.82) is 5.26 Å². The van der Waals surface area contributed by atoms with Gasteiger partial charge in [-0.3, -0.25) is 0 Å². The van der Waals surface area contributed by atoms with Crippen LogP contribution in [0.4, 0.5) is 0 Å². The van der Waals surface area contributed by atoms with Crippen molar-refractivity contribution in [3.8, 4) is 6.07 Å². The molecular formula is C18H24ClNO. The maximum atomic E-state index is 10.7. The van der Waals surface area contributed by atoms with Crippen molar-refractivity contribution in [2.75, 3.05) is 0 Å². The molecular weight excluding hydrogens is 282 g/mol. The second-order valence-electron chi connectivity index (χ2n) is 6.41. The zero-order chi connectivity index (χ0) is 15.5. The van der Waals surface area contributed by atoms with Gasteiger partial charge >= 0.3 is 0 Å². The molecule has 1 aliphatic rings. The molecule has 1 aromatic carbocycles. The highest BCUT2D eigenvalue weighted by atomic mass is 35.5. The van der Waals surface area contributed by atoms with Gasteiger partial charge in [0.25, 0.3) is 0 Å². The van der Waals surface area contributed by atoms with E-state index < -0.39 is 11.5 Å². The van der Waals surface area contributed by atoms with Crippen molar-refractivity contribution in [3.63, 3.8) is 0 Å². The molecule has 21 heavy (non-hydrogen) atoms. The maximum Gasteiger partial charge on any atom is 0.0976 e. The van der Waals surface area contributed by atoms with Crippen molar-refractivity contribution in [2.24, 2.45) is 11.3 Å². The summed E-state index contributed by atoms with van der Waals surface area (Å²) < 4.78 is 0. The van der Waals surface area contributed by atoms with E-state index in [9.17, 15) is 10.4 Å². The van der Waals surface area contributed by atoms with Crippen molar-refractivity contribution in [3.05, 3.63) is 34.3 Å². The lowest BCUT2D eigenvalue weighted by Gasteiger charge is -2.38. The van der Waals surface area contributed by atoms with Crippen LogP contribution >= 0.6 is 11.6 Å². The van der Waals surface area contributed by atoms with Gasteiger partial charge in [-0.1, -0.05) is 43.5 Å². The molecule has 1 aromatic rings. The molecule has 1 unspecified atom stereocenters. The summed E-state index contributed by atoms with van der Waals surface area (Å²) in [5.41, 5.74) is 1.11. The van der Waals surface area contributed by atoms with Crippen LogP contribution in [0.2, 0.25) is 5.02 Å². The molecule has 1 saturated carbocycles. The number of nitriles is 1. The Labute approximate surface area is 132 Å². The van der Waals surface area contributed by atoms with Gasteiger partial charge in [0.1, 0.15) is 0 Å². The molecule has 1 fully saturated rings. The van der Waals surface area contributed by atoms with Crippen molar-refractivity contribution >= 4 is 11.6 Å². The molecule has 0 aliphatic heterocycles. The summed E-state index contributed by atoms with van der Waals surface area (Å²) in [7, 11) is 0. The Bertz CT molecular complexity index is 527. The van der Waals surface area contributed by atoms with Gasteiger partial charge in [0.05, 0.1) is 17.6 Å². The van der Waals surface area contributed by atoms with Gasteiger partial charge in [-0.25, -0.2) is 0 Å². The van der Waals surface area contributed by atoms with Gasteiger partial charge in [-0.05, 0) is 55.7 Å². The summed E-state index contributed by atoms with van der Waals surface area (Å²) in [6.07, 6.45) is 5.31. The smallest absolute Gasteiger partial charge is 0.0976 e. The van der Waals surface area contributed by atoms with E-state index >= 15 is 0 Å². The summed E-state index contributed by atoms with van der Waals surface area (Å²) in [5, 5.41) is 21.1. The van der Waals surface area contributed by atoms with E-state index in [-0.39, 0.29) is 0 Å². The summed E-state index contributed by atoms with van der Waals surface area (Å²) >= 11 is 6.16. The fourth-order valence-electron chi connectivity index (χ4n) is 3.43. The molecule has 0 heterocycles. The van der Waals surface area contributed by atoms with E-state index in [1.165, 1.54) is 12.8 Å². The van der Waals surface area contributed by atoms with Gasteiger partial charge in [0.2, 0.25) is 0 Å². The second-order valence-corrected chi connectivity index (χ2v) is 6.82. The van der Waals surface area contributed by atoms with Crippen LogP contribution in [-0.2, 0) is 0 Å². The van der Waals surface area contributed by atoms with Crippen LogP contribution in [0.5, 0.6) is 0 Å². The predicted molar refractivity (Wildman–Crippen MR) is 86.1 cm³/mol. The number of aliphatic hydroxyl groups is 1. The third kappa shape index (κ3) is 3.42. The molecule has 1 aliphatic carbocycles. The lowest BCUT2D eigenvalue weighted by atomic mass is 9.66. The lowest BCUT2D eigenvalue weighted by Crippen LogP contribution is -2.32. The molecule has 0 bridgehead atoms. The Morgan fingerprint density at radius 3 is 2.62 bits per heavy atom. The van der Waals surface area contributed by atoms with Gasteiger partial charge in [0, 0.05) is 5.02 Å². The minimum Gasteiger partial charge on any atom is -0.387 e. The number of nitrogens with zero attached hydrogens (tertiary/aromatic N) is 1. The van der Waals surface area contributed by atoms with Crippen LogP contribution in [0, 0.1) is 29.6 Å². The molecule has 1 N–H and O–H groups in total. The third-order valence-corrected chi connectivity index (χ3v) is 5.36. The number of hydrogen-bond acceptors (Lipinski definition) is 2. The Morgan fingerprint density at radius 2 is 2.10 bits per heavy atom. The van der Waals surface area contributed by atoms with Gasteiger partial charge in [0.15, 0.2) is 0 Å². The maximum absolute atomic E-state index is 10.7. The number of rotatable bonds is 4. The quantitative estimate of drug-likeness (QED) is 0.832. The van der Waals surface area contributed by atoms with Crippen LogP contribution < -0.4 is 0 Å². The Hall–Kier alpha value is -1.04. The lowest BCUT2D eigenvalue weighted by molar-refractivity contribution is 0.0236. The number of aliphatic hydroxyl groups excluding tert-OH is 1. The highest BCUT2D eigenvalue weighted by Gasteiger charge is 2.42. The van der Waals surface area contributed by atoms with Crippen molar-refractivity contribution < 1.29 is 5.11 Å². The molecule has 2 nitrogen and oxygen atoms in total. The summed E-state index contributed by atoms with van der Waals surface area (Å²) in [6, 6.07) is 8.03. The molecule has 0 radical (unpaired) electrons. The van der Waals surface area contributed by atoms with E-state index in [0.29, 0.717) is 10.9 Å². The molecule has 0 amide bonds. The highest BCUT2D eigenvalue weighted by Crippen LogP contribution is 2.48. The molecule has 0 aromatic heterocycles. The Kier molecular flexibility index (Phi) is 5.30. The van der Waals surface area contributed by atoms with Gasteiger partial charge in [-0.2, -0.15) is 5.26 Å². The van der Waals surface area contributed by atoms with Crippen LogP contribution in [0.3, 0.4) is 0 Å². The minimum absolute atomic E-state index is 0.650. The van der Waals surface area contributed by atoms with Crippen molar-refractivity contribution in [2.45, 2.75) is 58.5 Å². The third-order valence-electron chi connectivity index (χ3n) is 4.95. The SMILES string of the molecule is CCCC1CCC(C#N)(C(O)c2ccc(C)c(Cl)c2)CC1. The van der Waals surface area contributed by atoms with E-state index in [4.69, 9.17) is 11.6 Å². The first-order valence-corrected chi connectivity index (χ1v) is 8.25. The number of aryl methyl sites for hydroxylation is 1. The first-order valence-electron chi connectivity index (χ1n) is 7.88. The zero-order valence-electron chi connectivity index (χ0n) is 12.9. The average molecular weight is 306 g/mol. The van der Waals surface area contributed by atoms with Gasteiger partial charge in [-0.15, -0.1) is 0 Å². The van der Waals surface area contributed by atoms with Crippen LogP contribution in [-0.4, -0.2) is 5.11 Å². The predicted octanol–water partition coefficient (Wildman–Crippen LogP) is 5.18. The molecule has 2 rings (SSSR count). The van der Waals surface area contributed by atoms with Crippen LogP contribution in [0.1, 0.15) is 62.7 Å². The van der Waals surface area contributed by atoms with E-state index in [1.807, 2.05) is 19.1 Å². The van der Waals surface area contributed by atoms with Crippen LogP contribution in [0.25, 0.3) is 0 Å².